The van der Waals surface area contributed by atoms with Crippen molar-refractivity contribution in [2.75, 3.05) is 11.1 Å². The fourth-order valence-electron chi connectivity index (χ4n) is 1.32. The Morgan fingerprint density at radius 3 is 2.55 bits per heavy atom. The van der Waals surface area contributed by atoms with E-state index in [1.165, 1.54) is 13.8 Å². The molecular formula is C13H16N2O4S. The molecule has 0 saturated carbocycles. The average Bonchev–Trinajstić information content (AvgIpc) is 2.62. The van der Waals surface area contributed by atoms with E-state index < -0.39 is 16.6 Å². The number of carboxylic acid groups (broad SMARTS) is 1. The Labute approximate surface area is 121 Å². The summed E-state index contributed by atoms with van der Waals surface area (Å²) in [5.41, 5.74) is 0.972. The number of hydrogen-bond donors (Lipinski definition) is 2. The van der Waals surface area contributed by atoms with Gasteiger partial charge in [0.15, 0.2) is 0 Å². The minimum absolute atomic E-state index is 0.0387. The lowest BCUT2D eigenvalue weighted by Gasteiger charge is -2.17. The van der Waals surface area contributed by atoms with Crippen LogP contribution in [0.1, 0.15) is 30.7 Å². The maximum atomic E-state index is 11.8. The molecule has 0 aromatic carbocycles. The number of anilines is 1. The van der Waals surface area contributed by atoms with Gasteiger partial charge in [-0.05, 0) is 27.7 Å². The van der Waals surface area contributed by atoms with Gasteiger partial charge in [0.1, 0.15) is 22.1 Å². The summed E-state index contributed by atoms with van der Waals surface area (Å²) in [6, 6.07) is 1.97. The maximum Gasteiger partial charge on any atom is 0.319 e. The van der Waals surface area contributed by atoms with Crippen LogP contribution in [0.2, 0.25) is 0 Å². The third-order valence-electron chi connectivity index (χ3n) is 2.83. The van der Waals surface area contributed by atoms with Gasteiger partial charge in [0, 0.05) is 5.56 Å². The van der Waals surface area contributed by atoms with Crippen molar-refractivity contribution < 1.29 is 19.1 Å². The average molecular weight is 296 g/mol. The second-order valence-corrected chi connectivity index (χ2v) is 6.35. The number of aliphatic carboxylic acids is 1. The first-order valence-corrected chi connectivity index (χ1v) is 6.85. The quantitative estimate of drug-likeness (QED) is 0.864. The van der Waals surface area contributed by atoms with Gasteiger partial charge < -0.3 is 9.52 Å². The fraction of sp³-hybridized carbons (Fsp3) is 0.462. The lowest BCUT2D eigenvalue weighted by atomic mass is 10.2. The summed E-state index contributed by atoms with van der Waals surface area (Å²) < 4.78 is 4.26. The molecule has 2 N–H and O–H groups in total. The van der Waals surface area contributed by atoms with Gasteiger partial charge in [0.05, 0.1) is 5.75 Å². The van der Waals surface area contributed by atoms with Gasteiger partial charge in [-0.1, -0.05) is 0 Å². The zero-order valence-electron chi connectivity index (χ0n) is 11.7. The number of thioether (sulfide) groups is 1. The molecule has 1 aromatic rings. The van der Waals surface area contributed by atoms with E-state index in [4.69, 9.17) is 14.8 Å². The molecule has 0 aliphatic rings. The number of nitrogens with one attached hydrogen (secondary N) is 1. The first-order valence-electron chi connectivity index (χ1n) is 5.86. The number of carbonyl (C=O) groups is 2. The SMILES string of the molecule is Cc1oc(NC(=O)CSC(C)(C)C(=O)O)c(C#N)c1C. The second kappa shape index (κ2) is 6.01. The normalized spacial score (nSPS) is 10.9. The zero-order valence-corrected chi connectivity index (χ0v) is 12.6. The summed E-state index contributed by atoms with van der Waals surface area (Å²) in [5.74, 6) is -0.757. The second-order valence-electron chi connectivity index (χ2n) is 4.75. The molecule has 1 amide bonds. The third-order valence-corrected chi connectivity index (χ3v) is 4.13. The van der Waals surface area contributed by atoms with Crippen LogP contribution in [0.4, 0.5) is 5.88 Å². The van der Waals surface area contributed by atoms with E-state index in [9.17, 15) is 9.59 Å². The van der Waals surface area contributed by atoms with Crippen molar-refractivity contribution in [2.45, 2.75) is 32.4 Å². The standard InChI is InChI=1S/C13H16N2O4S/c1-7-8(2)19-11(9(7)5-14)15-10(16)6-20-13(3,4)12(17)18/h6H2,1-4H3,(H,15,16)(H,17,18). The highest BCUT2D eigenvalue weighted by Crippen LogP contribution is 2.27. The van der Waals surface area contributed by atoms with Crippen LogP contribution in [0.15, 0.2) is 4.42 Å². The van der Waals surface area contributed by atoms with Gasteiger partial charge in [-0.2, -0.15) is 5.26 Å². The molecule has 0 aliphatic carbocycles. The van der Waals surface area contributed by atoms with Crippen molar-refractivity contribution in [3.63, 3.8) is 0 Å². The summed E-state index contributed by atoms with van der Waals surface area (Å²) >= 11 is 1.00. The number of aryl methyl sites for hydroxylation is 1. The number of hydrogen-bond acceptors (Lipinski definition) is 5. The minimum atomic E-state index is -1.05. The molecule has 0 fully saturated rings. The van der Waals surface area contributed by atoms with Crippen LogP contribution in [0, 0.1) is 25.2 Å². The van der Waals surface area contributed by atoms with E-state index in [1.807, 2.05) is 6.07 Å². The summed E-state index contributed by atoms with van der Waals surface area (Å²) in [7, 11) is 0. The number of nitrogens with zero attached hydrogens (tertiary/aromatic N) is 1. The molecule has 1 heterocycles. The number of carboxylic acids is 1. The Bertz CT molecular complexity index is 584. The largest absolute Gasteiger partial charge is 0.480 e. The van der Waals surface area contributed by atoms with Crippen molar-refractivity contribution in [2.24, 2.45) is 0 Å². The lowest BCUT2D eigenvalue weighted by molar-refractivity contribution is -0.138. The molecule has 1 aromatic heterocycles. The van der Waals surface area contributed by atoms with Gasteiger partial charge in [-0.15, -0.1) is 11.8 Å². The van der Waals surface area contributed by atoms with Crippen LogP contribution >= 0.6 is 11.8 Å². The Balaban J connectivity index is 2.71. The van der Waals surface area contributed by atoms with Crippen molar-refractivity contribution in [1.82, 2.24) is 0 Å². The zero-order chi connectivity index (χ0) is 15.5. The number of nitriles is 1. The predicted molar refractivity (Wildman–Crippen MR) is 75.7 cm³/mol. The topological polar surface area (TPSA) is 103 Å². The van der Waals surface area contributed by atoms with Crippen molar-refractivity contribution in [3.05, 3.63) is 16.9 Å². The molecule has 0 radical (unpaired) electrons. The van der Waals surface area contributed by atoms with Gasteiger partial charge in [-0.25, -0.2) is 0 Å². The minimum Gasteiger partial charge on any atom is -0.480 e. The van der Waals surface area contributed by atoms with Gasteiger partial charge in [0.25, 0.3) is 0 Å². The predicted octanol–water partition coefficient (Wildman–Crippen LogP) is 2.30. The van der Waals surface area contributed by atoms with Crippen LogP contribution in [-0.2, 0) is 9.59 Å². The van der Waals surface area contributed by atoms with Crippen molar-refractivity contribution in [1.29, 1.82) is 5.26 Å². The number of rotatable bonds is 5. The molecule has 108 valence electrons. The van der Waals surface area contributed by atoms with Gasteiger partial charge in [-0.3, -0.25) is 14.9 Å². The van der Waals surface area contributed by atoms with Crippen molar-refractivity contribution in [3.8, 4) is 6.07 Å². The molecule has 0 atom stereocenters. The Morgan fingerprint density at radius 1 is 1.45 bits per heavy atom. The van der Waals surface area contributed by atoms with Crippen LogP contribution in [0.5, 0.6) is 0 Å². The maximum absolute atomic E-state index is 11.8. The van der Waals surface area contributed by atoms with Gasteiger partial charge in [0.2, 0.25) is 11.8 Å². The van der Waals surface area contributed by atoms with E-state index in [0.29, 0.717) is 16.9 Å². The molecule has 0 aliphatic heterocycles. The van der Waals surface area contributed by atoms with E-state index in [1.54, 1.807) is 13.8 Å². The van der Waals surface area contributed by atoms with Crippen LogP contribution < -0.4 is 5.32 Å². The summed E-state index contributed by atoms with van der Waals surface area (Å²) in [6.07, 6.45) is 0. The molecule has 6 nitrogen and oxygen atoms in total. The number of carbonyl (C=O) groups excluding carboxylic acids is 1. The van der Waals surface area contributed by atoms with Crippen LogP contribution in [-0.4, -0.2) is 27.5 Å². The first-order chi connectivity index (χ1) is 9.19. The molecule has 0 spiro atoms. The summed E-state index contributed by atoms with van der Waals surface area (Å²) in [4.78, 5) is 22.7. The molecule has 7 heteroatoms. The molecule has 1 rings (SSSR count). The van der Waals surface area contributed by atoms with Crippen molar-refractivity contribution >= 4 is 29.5 Å². The van der Waals surface area contributed by atoms with Gasteiger partial charge >= 0.3 is 5.97 Å². The van der Waals surface area contributed by atoms with E-state index in [0.717, 1.165) is 11.8 Å². The summed E-state index contributed by atoms with van der Waals surface area (Å²) in [5, 5.41) is 20.5. The third kappa shape index (κ3) is 3.54. The molecule has 0 bridgehead atoms. The molecule has 20 heavy (non-hydrogen) atoms. The molecule has 0 unspecified atom stereocenters. The Morgan fingerprint density at radius 2 is 2.05 bits per heavy atom. The molecular weight excluding hydrogens is 280 g/mol. The van der Waals surface area contributed by atoms with E-state index in [2.05, 4.69) is 5.32 Å². The van der Waals surface area contributed by atoms with Crippen LogP contribution in [0.25, 0.3) is 0 Å². The van der Waals surface area contributed by atoms with Crippen LogP contribution in [0.3, 0.4) is 0 Å². The fourth-order valence-corrected chi connectivity index (χ4v) is 2.01. The highest BCUT2D eigenvalue weighted by atomic mass is 32.2. The highest BCUT2D eigenvalue weighted by Gasteiger charge is 2.28. The monoisotopic (exact) mass is 296 g/mol. The Kier molecular flexibility index (Phi) is 4.84. The lowest BCUT2D eigenvalue weighted by Crippen LogP contribution is -2.29. The smallest absolute Gasteiger partial charge is 0.319 e. The first kappa shape index (κ1) is 16.1. The number of amides is 1. The summed E-state index contributed by atoms with van der Waals surface area (Å²) in [6.45, 7) is 6.48. The van der Waals surface area contributed by atoms with E-state index >= 15 is 0 Å². The number of furan rings is 1. The van der Waals surface area contributed by atoms with E-state index in [-0.39, 0.29) is 11.6 Å². The highest BCUT2D eigenvalue weighted by molar-refractivity contribution is 8.02. The Hall–Kier alpha value is -1.94. The molecule has 0 saturated heterocycles.